The number of esters is 1. The van der Waals surface area contributed by atoms with Crippen LogP contribution in [0.3, 0.4) is 0 Å². The number of hydrogen-bond acceptors (Lipinski definition) is 4. The molecule has 21 heavy (non-hydrogen) atoms. The van der Waals surface area contributed by atoms with Gasteiger partial charge in [0.2, 0.25) is 0 Å². The van der Waals surface area contributed by atoms with Gasteiger partial charge < -0.3 is 4.74 Å². The van der Waals surface area contributed by atoms with Crippen molar-refractivity contribution in [2.24, 2.45) is 0 Å². The quantitative estimate of drug-likeness (QED) is 0.831. The number of ether oxygens (including phenoxy) is 1. The molecule has 0 aliphatic rings. The molecule has 2 rings (SSSR count). The second kappa shape index (κ2) is 6.74. The molecule has 0 fully saturated rings. The Labute approximate surface area is 128 Å². The number of carbonyl (C=O) groups is 1. The Morgan fingerprint density at radius 1 is 1.43 bits per heavy atom. The van der Waals surface area contributed by atoms with Crippen molar-refractivity contribution in [1.29, 1.82) is 0 Å². The van der Waals surface area contributed by atoms with Gasteiger partial charge in [-0.2, -0.15) is 5.10 Å². The summed E-state index contributed by atoms with van der Waals surface area (Å²) < 4.78 is 6.66. The third-order valence-corrected chi connectivity index (χ3v) is 3.48. The second-order valence-corrected chi connectivity index (χ2v) is 5.09. The van der Waals surface area contributed by atoms with Crippen LogP contribution in [0.5, 0.6) is 0 Å². The molecule has 0 radical (unpaired) electrons. The molecule has 0 aliphatic heterocycles. The topological polar surface area (TPSA) is 56.2 Å². The van der Waals surface area contributed by atoms with E-state index in [2.05, 4.69) is 10.4 Å². The Morgan fingerprint density at radius 3 is 2.67 bits per heavy atom. The summed E-state index contributed by atoms with van der Waals surface area (Å²) in [7, 11) is 1.38. The molecule has 0 bridgehead atoms. The molecule has 112 valence electrons. The zero-order chi connectivity index (χ0) is 15.3. The van der Waals surface area contributed by atoms with Crippen molar-refractivity contribution < 1.29 is 9.53 Å². The van der Waals surface area contributed by atoms with Gasteiger partial charge in [-0.1, -0.05) is 48.9 Å². The van der Waals surface area contributed by atoms with E-state index in [0.717, 1.165) is 5.56 Å². The molecule has 1 aromatic carbocycles. The van der Waals surface area contributed by atoms with E-state index in [-0.39, 0.29) is 5.97 Å². The normalized spacial score (nSPS) is 13.7. The summed E-state index contributed by atoms with van der Waals surface area (Å²) in [5, 5.41) is 7.93. The van der Waals surface area contributed by atoms with Crippen molar-refractivity contribution in [3.63, 3.8) is 0 Å². The fourth-order valence-electron chi connectivity index (χ4n) is 2.37. The predicted molar refractivity (Wildman–Crippen MR) is 81.0 cm³/mol. The molecule has 1 N–H and O–H groups in total. The van der Waals surface area contributed by atoms with Crippen molar-refractivity contribution in [2.45, 2.75) is 19.0 Å². The number of halogens is 1. The van der Waals surface area contributed by atoms with Gasteiger partial charge in [0.05, 0.1) is 24.9 Å². The van der Waals surface area contributed by atoms with Gasteiger partial charge in [-0.05, 0) is 12.1 Å². The van der Waals surface area contributed by atoms with Crippen molar-refractivity contribution in [1.82, 2.24) is 15.1 Å². The Kier molecular flexibility index (Phi) is 4.98. The number of nitrogens with zero attached hydrogens (tertiary/aromatic N) is 2. The van der Waals surface area contributed by atoms with Crippen LogP contribution in [0.25, 0.3) is 0 Å². The first-order valence-electron chi connectivity index (χ1n) is 6.69. The van der Waals surface area contributed by atoms with E-state index in [1.54, 1.807) is 17.1 Å². The Balaban J connectivity index is 2.47. The number of likely N-dealkylation sites (N-methyl/N-ethyl adjacent to an activating group) is 1. The third kappa shape index (κ3) is 3.25. The number of carbonyl (C=O) groups excluding carboxylic acids is 1. The number of hydrogen-bond donors (Lipinski definition) is 1. The van der Waals surface area contributed by atoms with Gasteiger partial charge in [0, 0.05) is 6.20 Å². The molecule has 1 heterocycles. The maximum Gasteiger partial charge on any atom is 0.332 e. The third-order valence-electron chi connectivity index (χ3n) is 3.28. The van der Waals surface area contributed by atoms with E-state index in [1.165, 1.54) is 7.11 Å². The molecule has 6 heteroatoms. The molecule has 1 atom stereocenters. The van der Waals surface area contributed by atoms with Gasteiger partial charge in [0.1, 0.15) is 0 Å². The van der Waals surface area contributed by atoms with Crippen LogP contribution in [0.15, 0.2) is 42.7 Å². The summed E-state index contributed by atoms with van der Waals surface area (Å²) in [4.78, 5) is 12.5. The summed E-state index contributed by atoms with van der Waals surface area (Å²) in [6.45, 7) is 2.85. The van der Waals surface area contributed by atoms with Crippen LogP contribution in [-0.2, 0) is 21.6 Å². The molecule has 0 saturated heterocycles. The standard InChI is InChI=1S/C15H18ClN3O2/c1-3-17-15(14(20)21-2,12-7-5-4-6-8-12)11-19-10-13(16)9-18-19/h4-10,17H,3,11H2,1-2H3. The fourth-order valence-corrected chi connectivity index (χ4v) is 2.53. The minimum Gasteiger partial charge on any atom is -0.467 e. The number of benzene rings is 1. The van der Waals surface area contributed by atoms with Crippen LogP contribution in [0.1, 0.15) is 12.5 Å². The SMILES string of the molecule is CCNC(Cn1cc(Cl)cn1)(C(=O)OC)c1ccccc1. The van der Waals surface area contributed by atoms with Crippen molar-refractivity contribution in [3.8, 4) is 0 Å². The molecule has 5 nitrogen and oxygen atoms in total. The molecule has 0 saturated carbocycles. The average molecular weight is 308 g/mol. The molecular weight excluding hydrogens is 290 g/mol. The Hall–Kier alpha value is -1.85. The summed E-state index contributed by atoms with van der Waals surface area (Å²) in [6.07, 6.45) is 3.22. The molecular formula is C15H18ClN3O2. The molecule has 1 unspecified atom stereocenters. The van der Waals surface area contributed by atoms with E-state index >= 15 is 0 Å². The highest BCUT2D eigenvalue weighted by molar-refractivity contribution is 6.30. The van der Waals surface area contributed by atoms with E-state index in [0.29, 0.717) is 18.1 Å². The molecule has 0 amide bonds. The number of rotatable bonds is 6. The zero-order valence-electron chi connectivity index (χ0n) is 12.0. The first-order chi connectivity index (χ1) is 10.1. The van der Waals surface area contributed by atoms with E-state index in [4.69, 9.17) is 16.3 Å². The van der Waals surface area contributed by atoms with Crippen LogP contribution < -0.4 is 5.32 Å². The first kappa shape index (κ1) is 15.5. The van der Waals surface area contributed by atoms with Crippen LogP contribution in [0.2, 0.25) is 5.02 Å². The summed E-state index contributed by atoms with van der Waals surface area (Å²) in [5.41, 5.74) is -0.176. The Morgan fingerprint density at radius 2 is 2.14 bits per heavy atom. The molecule has 2 aromatic rings. The highest BCUT2D eigenvalue weighted by atomic mass is 35.5. The van der Waals surface area contributed by atoms with Gasteiger partial charge in [-0.25, -0.2) is 4.79 Å². The van der Waals surface area contributed by atoms with Gasteiger partial charge in [0.15, 0.2) is 5.54 Å². The number of aromatic nitrogens is 2. The minimum atomic E-state index is -1.000. The lowest BCUT2D eigenvalue weighted by Gasteiger charge is -2.32. The zero-order valence-corrected chi connectivity index (χ0v) is 12.8. The lowest BCUT2D eigenvalue weighted by atomic mass is 9.89. The number of nitrogens with one attached hydrogen (secondary N) is 1. The van der Waals surface area contributed by atoms with Gasteiger partial charge in [0.25, 0.3) is 0 Å². The second-order valence-electron chi connectivity index (χ2n) is 4.65. The van der Waals surface area contributed by atoms with E-state index in [9.17, 15) is 4.79 Å². The maximum atomic E-state index is 12.5. The molecule has 0 aliphatic carbocycles. The highest BCUT2D eigenvalue weighted by Gasteiger charge is 2.41. The monoisotopic (exact) mass is 307 g/mol. The predicted octanol–water partition coefficient (Wildman–Crippen LogP) is 2.21. The lowest BCUT2D eigenvalue weighted by Crippen LogP contribution is -2.53. The van der Waals surface area contributed by atoms with Crippen LogP contribution >= 0.6 is 11.6 Å². The fraction of sp³-hybridized carbons (Fsp3) is 0.333. The van der Waals surface area contributed by atoms with Gasteiger partial charge >= 0.3 is 5.97 Å². The molecule has 1 aromatic heterocycles. The van der Waals surface area contributed by atoms with Crippen LogP contribution in [-0.4, -0.2) is 29.4 Å². The first-order valence-corrected chi connectivity index (χ1v) is 7.07. The highest BCUT2D eigenvalue weighted by Crippen LogP contribution is 2.25. The summed E-state index contributed by atoms with van der Waals surface area (Å²) in [5.74, 6) is -0.359. The molecule has 0 spiro atoms. The number of methoxy groups -OCH3 is 1. The van der Waals surface area contributed by atoms with E-state index < -0.39 is 5.54 Å². The summed E-state index contributed by atoms with van der Waals surface area (Å²) >= 11 is 5.91. The minimum absolute atomic E-state index is 0.296. The van der Waals surface area contributed by atoms with Crippen molar-refractivity contribution >= 4 is 17.6 Å². The van der Waals surface area contributed by atoms with Crippen molar-refractivity contribution in [3.05, 3.63) is 53.3 Å². The van der Waals surface area contributed by atoms with Gasteiger partial charge in [-0.3, -0.25) is 10.00 Å². The van der Waals surface area contributed by atoms with E-state index in [1.807, 2.05) is 37.3 Å². The average Bonchev–Trinajstić information content (AvgIpc) is 2.91. The van der Waals surface area contributed by atoms with Gasteiger partial charge in [-0.15, -0.1) is 0 Å². The maximum absolute atomic E-state index is 12.5. The van der Waals surface area contributed by atoms with Crippen LogP contribution in [0, 0.1) is 0 Å². The van der Waals surface area contributed by atoms with Crippen molar-refractivity contribution in [2.75, 3.05) is 13.7 Å². The van der Waals surface area contributed by atoms with Crippen LogP contribution in [0.4, 0.5) is 0 Å². The largest absolute Gasteiger partial charge is 0.467 e. The Bertz CT molecular complexity index is 600. The summed E-state index contributed by atoms with van der Waals surface area (Å²) in [6, 6.07) is 9.47. The smallest absolute Gasteiger partial charge is 0.332 e. The lowest BCUT2D eigenvalue weighted by molar-refractivity contribution is -0.150.